The molecular weight excluding hydrogens is 364 g/mol. The Balaban J connectivity index is 2.02. The molecule has 2 rings (SSSR count). The highest BCUT2D eigenvalue weighted by Gasteiger charge is 2.22. The second-order valence-electron chi connectivity index (χ2n) is 5.48. The van der Waals surface area contributed by atoms with Gasteiger partial charge in [-0.3, -0.25) is 4.79 Å². The van der Waals surface area contributed by atoms with E-state index in [2.05, 4.69) is 10.1 Å². The van der Waals surface area contributed by atoms with Gasteiger partial charge in [-0.25, -0.2) is 4.79 Å². The number of ether oxygens (including phenoxy) is 2. The summed E-state index contributed by atoms with van der Waals surface area (Å²) in [5.74, 6) is -1.42. The number of thiophene rings is 1. The third-order valence-corrected chi connectivity index (χ3v) is 4.92. The number of anilines is 1. The van der Waals surface area contributed by atoms with E-state index < -0.39 is 24.6 Å². The fraction of sp³-hybridized carbons (Fsp3) is 0.333. The van der Waals surface area contributed by atoms with Crippen molar-refractivity contribution in [2.24, 2.45) is 0 Å². The number of hydrogen-bond donors (Lipinski definition) is 1. The molecule has 1 aromatic carbocycles. The molecule has 1 amide bonds. The number of carbonyl (C=O) groups is 2. The lowest BCUT2D eigenvalue weighted by Crippen LogP contribution is -2.30. The Morgan fingerprint density at radius 3 is 2.58 bits per heavy atom. The molecular formula is C18H19F2NO4S. The molecule has 1 heterocycles. The van der Waals surface area contributed by atoms with Gasteiger partial charge in [0.15, 0.2) is 6.10 Å². The number of halogens is 2. The van der Waals surface area contributed by atoms with Gasteiger partial charge in [0.05, 0.1) is 5.69 Å². The lowest BCUT2D eigenvalue weighted by Gasteiger charge is -2.15. The fourth-order valence-electron chi connectivity index (χ4n) is 2.25. The molecule has 0 unspecified atom stereocenters. The number of alkyl halides is 2. The second kappa shape index (κ2) is 8.75. The van der Waals surface area contributed by atoms with Crippen LogP contribution in [-0.4, -0.2) is 24.6 Å². The third kappa shape index (κ3) is 5.01. The van der Waals surface area contributed by atoms with Crippen LogP contribution in [0.1, 0.15) is 34.0 Å². The molecule has 0 aliphatic rings. The van der Waals surface area contributed by atoms with E-state index in [1.54, 1.807) is 12.1 Å². The van der Waals surface area contributed by atoms with Crippen LogP contribution in [0.15, 0.2) is 30.3 Å². The summed E-state index contributed by atoms with van der Waals surface area (Å²) in [7, 11) is 0. The van der Waals surface area contributed by atoms with E-state index in [0.717, 1.165) is 16.9 Å². The number of carbonyl (C=O) groups excluding carboxylic acids is 2. The monoisotopic (exact) mass is 383 g/mol. The summed E-state index contributed by atoms with van der Waals surface area (Å²) in [6.07, 6.45) is -0.296. The SMILES string of the molecule is CCc1sc(C(=O)O[C@H](C)C(=O)Nc2ccccc2OC(F)F)cc1C. The Morgan fingerprint density at radius 2 is 1.96 bits per heavy atom. The number of rotatable bonds is 7. The Bertz CT molecular complexity index is 791. The Hall–Kier alpha value is -2.48. The number of nitrogens with one attached hydrogen (secondary N) is 1. The molecule has 26 heavy (non-hydrogen) atoms. The van der Waals surface area contributed by atoms with Crippen molar-refractivity contribution >= 4 is 28.9 Å². The quantitative estimate of drug-likeness (QED) is 0.720. The highest BCUT2D eigenvalue weighted by atomic mass is 32.1. The van der Waals surface area contributed by atoms with Gasteiger partial charge in [-0.2, -0.15) is 8.78 Å². The number of para-hydroxylation sites is 2. The molecule has 5 nitrogen and oxygen atoms in total. The zero-order valence-electron chi connectivity index (χ0n) is 14.5. The Kier molecular flexibility index (Phi) is 6.68. The summed E-state index contributed by atoms with van der Waals surface area (Å²) in [6, 6.07) is 7.51. The van der Waals surface area contributed by atoms with Gasteiger partial charge in [-0.15, -0.1) is 11.3 Å². The van der Waals surface area contributed by atoms with Crippen molar-refractivity contribution in [1.29, 1.82) is 0 Å². The van der Waals surface area contributed by atoms with Crippen LogP contribution in [-0.2, 0) is 16.0 Å². The molecule has 0 aliphatic heterocycles. The summed E-state index contributed by atoms with van der Waals surface area (Å²) >= 11 is 1.32. The maximum absolute atomic E-state index is 12.4. The lowest BCUT2D eigenvalue weighted by atomic mass is 10.2. The summed E-state index contributed by atoms with van der Waals surface area (Å²) in [5, 5.41) is 2.43. The average Bonchev–Trinajstić information content (AvgIpc) is 2.97. The van der Waals surface area contributed by atoms with Crippen LogP contribution < -0.4 is 10.1 Å². The average molecular weight is 383 g/mol. The maximum atomic E-state index is 12.4. The van der Waals surface area contributed by atoms with Crippen LogP contribution in [0.4, 0.5) is 14.5 Å². The smallest absolute Gasteiger partial charge is 0.387 e. The van der Waals surface area contributed by atoms with Crippen LogP contribution in [0.2, 0.25) is 0 Å². The van der Waals surface area contributed by atoms with Gasteiger partial charge in [-0.05, 0) is 44.0 Å². The minimum atomic E-state index is -3.02. The molecule has 0 bridgehead atoms. The predicted octanol–water partition coefficient (Wildman–Crippen LogP) is 4.40. The van der Waals surface area contributed by atoms with Crippen molar-refractivity contribution < 1.29 is 27.8 Å². The van der Waals surface area contributed by atoms with Crippen molar-refractivity contribution in [2.45, 2.75) is 39.9 Å². The standard InChI is InChI=1S/C18H19F2NO4S/c1-4-14-10(2)9-15(26-14)17(23)24-11(3)16(22)21-12-7-5-6-8-13(12)25-18(19)20/h5-9,11,18H,4H2,1-3H3,(H,21,22)/t11-/m1/s1. The van der Waals surface area contributed by atoms with E-state index in [1.807, 2.05) is 13.8 Å². The highest BCUT2D eigenvalue weighted by molar-refractivity contribution is 7.14. The molecule has 1 N–H and O–H groups in total. The first-order chi connectivity index (χ1) is 12.3. The van der Waals surface area contributed by atoms with Crippen LogP contribution in [0.3, 0.4) is 0 Å². The third-order valence-electron chi connectivity index (χ3n) is 3.56. The number of benzene rings is 1. The summed E-state index contributed by atoms with van der Waals surface area (Å²) in [5.41, 5.74) is 1.07. The normalized spacial score (nSPS) is 11.9. The molecule has 0 radical (unpaired) electrons. The zero-order chi connectivity index (χ0) is 19.3. The van der Waals surface area contributed by atoms with Gasteiger partial charge in [0.1, 0.15) is 10.6 Å². The molecule has 0 spiro atoms. The summed E-state index contributed by atoms with van der Waals surface area (Å²) in [4.78, 5) is 25.9. The molecule has 1 atom stereocenters. The number of amides is 1. The van der Waals surface area contributed by atoms with Crippen LogP contribution >= 0.6 is 11.3 Å². The van der Waals surface area contributed by atoms with Crippen molar-refractivity contribution in [3.8, 4) is 5.75 Å². The van der Waals surface area contributed by atoms with Crippen LogP contribution in [0, 0.1) is 6.92 Å². The fourth-order valence-corrected chi connectivity index (χ4v) is 3.24. The first kappa shape index (κ1) is 19.8. The molecule has 0 aliphatic carbocycles. The molecule has 0 saturated carbocycles. The predicted molar refractivity (Wildman–Crippen MR) is 95.0 cm³/mol. The van der Waals surface area contributed by atoms with Gasteiger partial charge in [0.25, 0.3) is 5.91 Å². The molecule has 1 aromatic heterocycles. The summed E-state index contributed by atoms with van der Waals surface area (Å²) < 4.78 is 34.4. The maximum Gasteiger partial charge on any atom is 0.387 e. The van der Waals surface area contributed by atoms with Gasteiger partial charge in [0.2, 0.25) is 0 Å². The van der Waals surface area contributed by atoms with Gasteiger partial charge >= 0.3 is 12.6 Å². The van der Waals surface area contributed by atoms with Crippen molar-refractivity contribution in [2.75, 3.05) is 5.32 Å². The first-order valence-electron chi connectivity index (χ1n) is 7.96. The van der Waals surface area contributed by atoms with Gasteiger partial charge < -0.3 is 14.8 Å². The topological polar surface area (TPSA) is 64.6 Å². The van der Waals surface area contributed by atoms with E-state index in [-0.39, 0.29) is 11.4 Å². The van der Waals surface area contributed by atoms with Gasteiger partial charge in [0, 0.05) is 4.88 Å². The molecule has 8 heteroatoms. The van der Waals surface area contributed by atoms with E-state index >= 15 is 0 Å². The molecule has 0 fully saturated rings. The van der Waals surface area contributed by atoms with E-state index in [4.69, 9.17) is 4.74 Å². The minimum absolute atomic E-state index is 0.0703. The molecule has 2 aromatic rings. The Morgan fingerprint density at radius 1 is 1.27 bits per heavy atom. The zero-order valence-corrected chi connectivity index (χ0v) is 15.4. The van der Waals surface area contributed by atoms with Crippen LogP contribution in [0.5, 0.6) is 5.75 Å². The molecule has 0 saturated heterocycles. The first-order valence-corrected chi connectivity index (χ1v) is 8.78. The summed E-state index contributed by atoms with van der Waals surface area (Å²) in [6.45, 7) is 2.29. The largest absolute Gasteiger partial charge is 0.448 e. The van der Waals surface area contributed by atoms with E-state index in [9.17, 15) is 18.4 Å². The Labute approximate surface area is 153 Å². The van der Waals surface area contributed by atoms with Crippen molar-refractivity contribution in [1.82, 2.24) is 0 Å². The van der Waals surface area contributed by atoms with Crippen molar-refractivity contribution in [3.63, 3.8) is 0 Å². The lowest BCUT2D eigenvalue weighted by molar-refractivity contribution is -0.123. The second-order valence-corrected chi connectivity index (χ2v) is 6.62. The number of aryl methyl sites for hydroxylation is 2. The number of hydrogen-bond acceptors (Lipinski definition) is 5. The molecule has 140 valence electrons. The van der Waals surface area contributed by atoms with Gasteiger partial charge in [-0.1, -0.05) is 19.1 Å². The number of esters is 1. The van der Waals surface area contributed by atoms with E-state index in [0.29, 0.717) is 4.88 Å². The van der Waals surface area contributed by atoms with Crippen LogP contribution in [0.25, 0.3) is 0 Å². The van der Waals surface area contributed by atoms with E-state index in [1.165, 1.54) is 36.5 Å². The minimum Gasteiger partial charge on any atom is -0.448 e. The highest BCUT2D eigenvalue weighted by Crippen LogP contribution is 2.26. The van der Waals surface area contributed by atoms with Crippen molar-refractivity contribution in [3.05, 3.63) is 45.6 Å².